The number of fused-ring (bicyclic) bond motifs is 1. The van der Waals surface area contributed by atoms with Gasteiger partial charge >= 0.3 is 0 Å². The largest absolute Gasteiger partial charge is 0.394 e. The molecule has 0 fully saturated rings. The lowest BCUT2D eigenvalue weighted by Gasteiger charge is -2.29. The van der Waals surface area contributed by atoms with E-state index in [4.69, 9.17) is 5.73 Å². The number of rotatable bonds is 2. The Balaban J connectivity index is 1.97. The van der Waals surface area contributed by atoms with E-state index in [1.807, 2.05) is 11.6 Å². The molecule has 0 radical (unpaired) electrons. The van der Waals surface area contributed by atoms with Gasteiger partial charge in [-0.3, -0.25) is 0 Å². The van der Waals surface area contributed by atoms with Crippen molar-refractivity contribution >= 4 is 11.5 Å². The average Bonchev–Trinajstić information content (AvgIpc) is 2.94. The van der Waals surface area contributed by atoms with E-state index in [0.29, 0.717) is 0 Å². The van der Waals surface area contributed by atoms with Gasteiger partial charge in [0.2, 0.25) is 0 Å². The van der Waals surface area contributed by atoms with E-state index in [2.05, 4.69) is 31.7 Å². The van der Waals surface area contributed by atoms with Crippen molar-refractivity contribution in [3.63, 3.8) is 0 Å². The number of nitrogens with zero attached hydrogens (tertiary/aromatic N) is 6. The first-order chi connectivity index (χ1) is 8.70. The van der Waals surface area contributed by atoms with Crippen LogP contribution in [0.4, 0.5) is 11.5 Å². The van der Waals surface area contributed by atoms with Gasteiger partial charge in [0.25, 0.3) is 0 Å². The Bertz CT molecular complexity index is 568. The van der Waals surface area contributed by atoms with E-state index in [-0.39, 0.29) is 0 Å². The fourth-order valence-electron chi connectivity index (χ4n) is 2.38. The Hall–Kier alpha value is -2.05. The zero-order chi connectivity index (χ0) is 12.7. The van der Waals surface area contributed by atoms with Gasteiger partial charge in [-0.2, -0.15) is 5.10 Å². The summed E-state index contributed by atoms with van der Waals surface area (Å²) in [6.07, 6.45) is 1.78. The van der Waals surface area contributed by atoms with Gasteiger partial charge in [0, 0.05) is 19.6 Å². The van der Waals surface area contributed by atoms with E-state index in [1.54, 1.807) is 6.33 Å². The summed E-state index contributed by atoms with van der Waals surface area (Å²) in [5.41, 5.74) is 7.79. The maximum absolute atomic E-state index is 6.14. The third-order valence-electron chi connectivity index (χ3n) is 3.38. The van der Waals surface area contributed by atoms with Crippen molar-refractivity contribution in [1.82, 2.24) is 24.5 Å². The first-order valence-corrected chi connectivity index (χ1v) is 6.15. The smallest absolute Gasteiger partial charge is 0.152 e. The van der Waals surface area contributed by atoms with Crippen molar-refractivity contribution in [3.8, 4) is 0 Å². The standard InChI is InChI=1S/C11H17N7/c1-3-18-11(10(12)8(2)15-18)16-4-5-17-7-13-14-9(17)6-16/h7H,3-6,12H2,1-2H3. The van der Waals surface area contributed by atoms with E-state index in [0.717, 1.165) is 49.2 Å². The maximum Gasteiger partial charge on any atom is 0.152 e. The molecule has 0 spiro atoms. The molecule has 0 saturated heterocycles. The van der Waals surface area contributed by atoms with Crippen LogP contribution in [0, 0.1) is 6.92 Å². The third-order valence-corrected chi connectivity index (χ3v) is 3.38. The average molecular weight is 247 g/mol. The minimum atomic E-state index is 0.731. The Morgan fingerprint density at radius 1 is 1.39 bits per heavy atom. The zero-order valence-electron chi connectivity index (χ0n) is 10.7. The zero-order valence-corrected chi connectivity index (χ0v) is 10.7. The van der Waals surface area contributed by atoms with Gasteiger partial charge in [0.15, 0.2) is 11.6 Å². The first kappa shape index (κ1) is 11.1. The second-order valence-electron chi connectivity index (χ2n) is 4.50. The third kappa shape index (κ3) is 1.54. The van der Waals surface area contributed by atoms with Crippen molar-refractivity contribution in [2.45, 2.75) is 33.5 Å². The van der Waals surface area contributed by atoms with Gasteiger partial charge in [-0.1, -0.05) is 0 Å². The van der Waals surface area contributed by atoms with Crippen LogP contribution in [0.15, 0.2) is 6.33 Å². The van der Waals surface area contributed by atoms with Crippen LogP contribution in [0.25, 0.3) is 0 Å². The lowest BCUT2D eigenvalue weighted by molar-refractivity contribution is 0.537. The second-order valence-corrected chi connectivity index (χ2v) is 4.50. The molecular weight excluding hydrogens is 230 g/mol. The molecule has 0 unspecified atom stereocenters. The molecule has 0 amide bonds. The number of anilines is 2. The summed E-state index contributed by atoms with van der Waals surface area (Å²) in [4.78, 5) is 2.23. The molecular formula is C11H17N7. The van der Waals surface area contributed by atoms with Crippen LogP contribution in [0.2, 0.25) is 0 Å². The summed E-state index contributed by atoms with van der Waals surface area (Å²) < 4.78 is 4.03. The monoisotopic (exact) mass is 247 g/mol. The molecule has 0 aromatic carbocycles. The highest BCUT2D eigenvalue weighted by atomic mass is 15.4. The molecule has 0 bridgehead atoms. The normalized spacial score (nSPS) is 14.9. The van der Waals surface area contributed by atoms with Gasteiger partial charge < -0.3 is 15.2 Å². The lowest BCUT2D eigenvalue weighted by Crippen LogP contribution is -2.35. The number of aromatic nitrogens is 5. The summed E-state index contributed by atoms with van der Waals surface area (Å²) >= 11 is 0. The molecule has 0 atom stereocenters. The molecule has 1 aliphatic rings. The molecule has 3 heterocycles. The molecule has 0 aliphatic carbocycles. The number of hydrogen-bond donors (Lipinski definition) is 1. The second kappa shape index (κ2) is 4.01. The summed E-state index contributed by atoms with van der Waals surface area (Å²) in [6, 6.07) is 0. The predicted molar refractivity (Wildman–Crippen MR) is 68.1 cm³/mol. The van der Waals surface area contributed by atoms with Crippen LogP contribution in [-0.4, -0.2) is 31.1 Å². The Morgan fingerprint density at radius 2 is 2.22 bits per heavy atom. The minimum absolute atomic E-state index is 0.731. The molecule has 1 aliphatic heterocycles. The SMILES string of the molecule is CCn1nc(C)c(N)c1N1CCn2cnnc2C1. The van der Waals surface area contributed by atoms with E-state index in [1.165, 1.54) is 0 Å². The van der Waals surface area contributed by atoms with Crippen LogP contribution < -0.4 is 10.6 Å². The van der Waals surface area contributed by atoms with Gasteiger partial charge in [-0.25, -0.2) is 4.68 Å². The van der Waals surface area contributed by atoms with Gasteiger partial charge in [-0.05, 0) is 13.8 Å². The van der Waals surface area contributed by atoms with Crippen LogP contribution in [0.3, 0.4) is 0 Å². The molecule has 0 saturated carbocycles. The molecule has 96 valence electrons. The van der Waals surface area contributed by atoms with E-state index in [9.17, 15) is 0 Å². The number of hydrogen-bond acceptors (Lipinski definition) is 5. The summed E-state index contributed by atoms with van der Waals surface area (Å²) in [5.74, 6) is 1.98. The topological polar surface area (TPSA) is 77.8 Å². The van der Waals surface area contributed by atoms with Crippen molar-refractivity contribution in [1.29, 1.82) is 0 Å². The van der Waals surface area contributed by atoms with Crippen LogP contribution >= 0.6 is 0 Å². The quantitative estimate of drug-likeness (QED) is 0.831. The number of aryl methyl sites for hydroxylation is 2. The van der Waals surface area contributed by atoms with E-state index >= 15 is 0 Å². The van der Waals surface area contributed by atoms with Crippen molar-refractivity contribution in [2.75, 3.05) is 17.2 Å². The highest BCUT2D eigenvalue weighted by Crippen LogP contribution is 2.28. The van der Waals surface area contributed by atoms with Crippen LogP contribution in [-0.2, 0) is 19.6 Å². The number of nitrogens with two attached hydrogens (primary N) is 1. The minimum Gasteiger partial charge on any atom is -0.394 e. The fourth-order valence-corrected chi connectivity index (χ4v) is 2.38. The van der Waals surface area contributed by atoms with Crippen molar-refractivity contribution in [3.05, 3.63) is 17.8 Å². The predicted octanol–water partition coefficient (Wildman–Crippen LogP) is 0.405. The molecule has 2 aromatic heterocycles. The van der Waals surface area contributed by atoms with Crippen molar-refractivity contribution in [2.24, 2.45) is 0 Å². The van der Waals surface area contributed by atoms with Crippen LogP contribution in [0.1, 0.15) is 18.4 Å². The molecule has 7 nitrogen and oxygen atoms in total. The first-order valence-electron chi connectivity index (χ1n) is 6.15. The highest BCUT2D eigenvalue weighted by molar-refractivity contribution is 5.66. The maximum atomic E-state index is 6.14. The molecule has 18 heavy (non-hydrogen) atoms. The van der Waals surface area contributed by atoms with E-state index < -0.39 is 0 Å². The van der Waals surface area contributed by atoms with Crippen molar-refractivity contribution < 1.29 is 0 Å². The Morgan fingerprint density at radius 3 is 3.00 bits per heavy atom. The molecule has 3 rings (SSSR count). The Labute approximate surface area is 105 Å². The molecule has 2 aromatic rings. The van der Waals surface area contributed by atoms with Crippen LogP contribution in [0.5, 0.6) is 0 Å². The fraction of sp³-hybridized carbons (Fsp3) is 0.545. The summed E-state index contributed by atoms with van der Waals surface area (Å²) in [6.45, 7) is 7.35. The van der Waals surface area contributed by atoms with Gasteiger partial charge in [0.05, 0.1) is 17.9 Å². The summed E-state index contributed by atoms with van der Waals surface area (Å²) in [5, 5.41) is 12.5. The highest BCUT2D eigenvalue weighted by Gasteiger charge is 2.23. The Kier molecular flexibility index (Phi) is 2.46. The lowest BCUT2D eigenvalue weighted by atomic mass is 10.3. The molecule has 7 heteroatoms. The summed E-state index contributed by atoms with van der Waals surface area (Å²) in [7, 11) is 0. The number of nitrogen functional groups attached to an aromatic ring is 1. The van der Waals surface area contributed by atoms with Gasteiger partial charge in [-0.15, -0.1) is 10.2 Å². The van der Waals surface area contributed by atoms with Gasteiger partial charge in [0.1, 0.15) is 6.33 Å². The molecule has 2 N–H and O–H groups in total.